The fourth-order valence-electron chi connectivity index (χ4n) is 3.20. The van der Waals surface area contributed by atoms with Gasteiger partial charge in [0, 0.05) is 56.0 Å². The van der Waals surface area contributed by atoms with E-state index in [1.54, 1.807) is 4.90 Å². The van der Waals surface area contributed by atoms with Crippen molar-refractivity contribution < 1.29 is 4.79 Å². The van der Waals surface area contributed by atoms with E-state index >= 15 is 0 Å². The van der Waals surface area contributed by atoms with Crippen LogP contribution in [0.25, 0.3) is 11.1 Å². The predicted molar refractivity (Wildman–Crippen MR) is 106 cm³/mol. The number of pyridine rings is 1. The van der Waals surface area contributed by atoms with Crippen LogP contribution in [0.4, 0.5) is 5.69 Å². The summed E-state index contributed by atoms with van der Waals surface area (Å²) in [5.41, 5.74) is 5.80. The Kier molecular flexibility index (Phi) is 5.76. The maximum Gasteiger partial charge on any atom is 0.227 e. The summed E-state index contributed by atoms with van der Waals surface area (Å²) >= 11 is 1.86. The average molecular weight is 356 g/mol. The fraction of sp³-hybridized carbons (Fsp3) is 0.400. The molecule has 0 saturated carbocycles. The molecule has 25 heavy (non-hydrogen) atoms. The third-order valence-electron chi connectivity index (χ3n) is 4.57. The first-order chi connectivity index (χ1) is 12.1. The minimum Gasteiger partial charge on any atom is -0.315 e. The standard InChI is InChI=1S/C20H25N3OS/c1-4-23(25-5-2)14-15-10-18(13-21-12-15)16-6-8-19-17(11-16)7-9-20(24)22(19)3/h6,8,10-13H,4-5,7,9,14H2,1-3H3. The second kappa shape index (κ2) is 8.02. The number of carbonyl (C=O) groups is 1. The van der Waals surface area contributed by atoms with E-state index in [4.69, 9.17) is 0 Å². The lowest BCUT2D eigenvalue weighted by Gasteiger charge is -2.26. The first kappa shape index (κ1) is 18.0. The van der Waals surface area contributed by atoms with Crippen LogP contribution < -0.4 is 4.90 Å². The first-order valence-corrected chi connectivity index (χ1v) is 9.78. The van der Waals surface area contributed by atoms with Crippen LogP contribution in [0.1, 0.15) is 31.4 Å². The van der Waals surface area contributed by atoms with Gasteiger partial charge in [-0.15, -0.1) is 0 Å². The van der Waals surface area contributed by atoms with Crippen LogP contribution in [-0.2, 0) is 17.8 Å². The van der Waals surface area contributed by atoms with E-state index in [1.807, 2.05) is 31.4 Å². The fourth-order valence-corrected chi connectivity index (χ4v) is 3.99. The van der Waals surface area contributed by atoms with E-state index in [1.165, 1.54) is 16.7 Å². The molecule has 2 heterocycles. The quantitative estimate of drug-likeness (QED) is 0.730. The summed E-state index contributed by atoms with van der Waals surface area (Å²) in [6.07, 6.45) is 5.28. The van der Waals surface area contributed by atoms with E-state index < -0.39 is 0 Å². The van der Waals surface area contributed by atoms with Crippen molar-refractivity contribution in [2.24, 2.45) is 0 Å². The van der Waals surface area contributed by atoms with E-state index in [9.17, 15) is 4.79 Å². The van der Waals surface area contributed by atoms with Gasteiger partial charge in [-0.1, -0.05) is 31.9 Å². The summed E-state index contributed by atoms with van der Waals surface area (Å²) in [6.45, 7) is 6.28. The molecule has 0 spiro atoms. The molecular weight excluding hydrogens is 330 g/mol. The molecule has 3 rings (SSSR count). The van der Waals surface area contributed by atoms with E-state index in [2.05, 4.69) is 47.4 Å². The molecule has 0 bridgehead atoms. The molecule has 2 aromatic rings. The highest BCUT2D eigenvalue weighted by molar-refractivity contribution is 7.96. The molecule has 0 unspecified atom stereocenters. The number of carbonyl (C=O) groups excluding carboxylic acids is 1. The first-order valence-electron chi connectivity index (χ1n) is 8.84. The van der Waals surface area contributed by atoms with Crippen LogP contribution in [0, 0.1) is 0 Å². The molecule has 1 aliphatic heterocycles. The van der Waals surface area contributed by atoms with Gasteiger partial charge >= 0.3 is 0 Å². The van der Waals surface area contributed by atoms with E-state index in [0.717, 1.165) is 36.5 Å². The van der Waals surface area contributed by atoms with Crippen LogP contribution in [0.2, 0.25) is 0 Å². The van der Waals surface area contributed by atoms with E-state index in [0.29, 0.717) is 6.42 Å². The zero-order valence-electron chi connectivity index (χ0n) is 15.2. The Labute approximate surface area is 154 Å². The lowest BCUT2D eigenvalue weighted by atomic mass is 9.96. The number of aromatic nitrogens is 1. The maximum absolute atomic E-state index is 11.9. The minimum atomic E-state index is 0.192. The predicted octanol–water partition coefficient (Wildman–Crippen LogP) is 4.15. The second-order valence-corrected chi connectivity index (χ2v) is 7.60. The lowest BCUT2D eigenvalue weighted by molar-refractivity contribution is -0.118. The Morgan fingerprint density at radius 2 is 2.00 bits per heavy atom. The third kappa shape index (κ3) is 4.05. The van der Waals surface area contributed by atoms with Gasteiger partial charge in [-0.3, -0.25) is 9.78 Å². The SMILES string of the molecule is CCSN(CC)Cc1cncc(-c2ccc3c(c2)CCC(=O)N3C)c1. The van der Waals surface area contributed by atoms with Crippen molar-refractivity contribution in [3.8, 4) is 11.1 Å². The summed E-state index contributed by atoms with van der Waals surface area (Å²) < 4.78 is 2.36. The molecule has 1 aromatic heterocycles. The number of amides is 1. The summed E-state index contributed by atoms with van der Waals surface area (Å²) in [6, 6.07) is 8.58. The molecule has 1 aliphatic rings. The van der Waals surface area contributed by atoms with E-state index in [-0.39, 0.29) is 5.91 Å². The molecule has 0 saturated heterocycles. The summed E-state index contributed by atoms with van der Waals surface area (Å²) in [5.74, 6) is 1.27. The number of benzene rings is 1. The number of hydrogen-bond acceptors (Lipinski definition) is 4. The Morgan fingerprint density at radius 3 is 2.76 bits per heavy atom. The van der Waals surface area contributed by atoms with Crippen molar-refractivity contribution in [1.29, 1.82) is 0 Å². The van der Waals surface area contributed by atoms with Gasteiger partial charge in [0.25, 0.3) is 0 Å². The van der Waals surface area contributed by atoms with Gasteiger partial charge in [-0.25, -0.2) is 4.31 Å². The van der Waals surface area contributed by atoms with Crippen LogP contribution in [0.15, 0.2) is 36.7 Å². The van der Waals surface area contributed by atoms with Gasteiger partial charge in [0.05, 0.1) is 0 Å². The maximum atomic E-state index is 11.9. The molecule has 0 aliphatic carbocycles. The molecular formula is C20H25N3OS. The Balaban J connectivity index is 1.85. The van der Waals surface area contributed by atoms with Crippen molar-refractivity contribution in [2.75, 3.05) is 24.2 Å². The molecule has 132 valence electrons. The smallest absolute Gasteiger partial charge is 0.227 e. The number of anilines is 1. The highest BCUT2D eigenvalue weighted by Crippen LogP contribution is 2.31. The Hall–Kier alpha value is -1.85. The van der Waals surface area contributed by atoms with Crippen molar-refractivity contribution >= 4 is 23.5 Å². The van der Waals surface area contributed by atoms with Crippen molar-refractivity contribution in [3.05, 3.63) is 47.8 Å². The number of fused-ring (bicyclic) bond motifs is 1. The van der Waals surface area contributed by atoms with Gasteiger partial charge in [0.1, 0.15) is 0 Å². The topological polar surface area (TPSA) is 36.4 Å². The van der Waals surface area contributed by atoms with Crippen LogP contribution in [-0.4, -0.2) is 34.5 Å². The largest absolute Gasteiger partial charge is 0.315 e. The highest BCUT2D eigenvalue weighted by atomic mass is 32.2. The second-order valence-electron chi connectivity index (χ2n) is 6.25. The number of hydrogen-bond donors (Lipinski definition) is 0. The van der Waals surface area contributed by atoms with Gasteiger partial charge in [0.15, 0.2) is 0 Å². The molecule has 4 nitrogen and oxygen atoms in total. The van der Waals surface area contributed by atoms with Crippen molar-refractivity contribution in [1.82, 2.24) is 9.29 Å². The number of rotatable bonds is 6. The molecule has 1 amide bonds. The third-order valence-corrected chi connectivity index (χ3v) is 5.59. The molecule has 0 N–H and O–H groups in total. The van der Waals surface area contributed by atoms with Crippen molar-refractivity contribution in [3.63, 3.8) is 0 Å². The highest BCUT2D eigenvalue weighted by Gasteiger charge is 2.21. The molecule has 0 fully saturated rings. The molecule has 1 aromatic carbocycles. The Bertz CT molecular complexity index is 762. The summed E-state index contributed by atoms with van der Waals surface area (Å²) in [5, 5.41) is 0. The number of nitrogens with zero attached hydrogens (tertiary/aromatic N) is 3. The van der Waals surface area contributed by atoms with Gasteiger partial charge in [0.2, 0.25) is 5.91 Å². The van der Waals surface area contributed by atoms with Gasteiger partial charge < -0.3 is 4.90 Å². The Morgan fingerprint density at radius 1 is 1.16 bits per heavy atom. The van der Waals surface area contributed by atoms with Crippen LogP contribution in [0.5, 0.6) is 0 Å². The molecule has 5 heteroatoms. The minimum absolute atomic E-state index is 0.192. The van der Waals surface area contributed by atoms with Crippen LogP contribution >= 0.6 is 11.9 Å². The van der Waals surface area contributed by atoms with Crippen molar-refractivity contribution in [2.45, 2.75) is 33.2 Å². The molecule has 0 atom stereocenters. The van der Waals surface area contributed by atoms with Gasteiger partial charge in [-0.2, -0.15) is 0 Å². The number of aryl methyl sites for hydroxylation is 1. The lowest BCUT2D eigenvalue weighted by Crippen LogP contribution is -2.30. The molecule has 0 radical (unpaired) electrons. The van der Waals surface area contributed by atoms with Gasteiger partial charge in [-0.05, 0) is 41.3 Å². The summed E-state index contributed by atoms with van der Waals surface area (Å²) in [7, 11) is 1.85. The normalized spacial score (nSPS) is 14.1. The average Bonchev–Trinajstić information content (AvgIpc) is 2.64. The van der Waals surface area contributed by atoms with Crippen LogP contribution in [0.3, 0.4) is 0 Å². The zero-order valence-corrected chi connectivity index (χ0v) is 16.0. The monoisotopic (exact) mass is 355 g/mol. The summed E-state index contributed by atoms with van der Waals surface area (Å²) in [4.78, 5) is 18.1. The zero-order chi connectivity index (χ0) is 17.8.